The van der Waals surface area contributed by atoms with Gasteiger partial charge in [-0.3, -0.25) is 14.6 Å². The molecule has 0 aliphatic carbocycles. The highest BCUT2D eigenvalue weighted by molar-refractivity contribution is 5.12. The Morgan fingerprint density at radius 2 is 1.95 bits per heavy atom. The molecule has 0 spiro atoms. The van der Waals surface area contributed by atoms with Gasteiger partial charge in [-0.2, -0.15) is 5.10 Å². The van der Waals surface area contributed by atoms with Crippen molar-refractivity contribution in [2.45, 2.75) is 46.3 Å². The van der Waals surface area contributed by atoms with E-state index in [1.165, 1.54) is 11.3 Å². The highest BCUT2D eigenvalue weighted by Gasteiger charge is 2.15. The van der Waals surface area contributed by atoms with Crippen LogP contribution in [0.3, 0.4) is 0 Å². The minimum absolute atomic E-state index is 0.540. The summed E-state index contributed by atoms with van der Waals surface area (Å²) < 4.78 is 1.98. The first-order valence-corrected chi connectivity index (χ1v) is 7.22. The van der Waals surface area contributed by atoms with E-state index in [2.05, 4.69) is 47.0 Å². The fourth-order valence-electron chi connectivity index (χ4n) is 2.37. The zero-order chi connectivity index (χ0) is 14.5. The summed E-state index contributed by atoms with van der Waals surface area (Å²) in [5, 5.41) is 4.44. The van der Waals surface area contributed by atoms with Crippen LogP contribution >= 0.6 is 0 Å². The molecule has 0 fully saturated rings. The summed E-state index contributed by atoms with van der Waals surface area (Å²) in [7, 11) is 2.02. The monoisotopic (exact) mass is 272 g/mol. The molecule has 0 aliphatic heterocycles. The van der Waals surface area contributed by atoms with Gasteiger partial charge in [-0.15, -0.1) is 0 Å². The molecular weight excluding hydrogens is 248 g/mol. The molecule has 0 aromatic carbocycles. The van der Waals surface area contributed by atoms with Crippen molar-refractivity contribution in [2.24, 2.45) is 7.05 Å². The Balaban J connectivity index is 2.14. The number of aromatic nitrogens is 3. The predicted octanol–water partition coefficient (Wildman–Crippen LogP) is 2.92. The molecule has 20 heavy (non-hydrogen) atoms. The molecule has 0 radical (unpaired) electrons. The van der Waals surface area contributed by atoms with Gasteiger partial charge in [0.15, 0.2) is 0 Å². The molecule has 0 saturated carbocycles. The van der Waals surface area contributed by atoms with E-state index in [9.17, 15) is 0 Å². The van der Waals surface area contributed by atoms with Gasteiger partial charge in [-0.25, -0.2) is 0 Å². The minimum atomic E-state index is 0.540. The van der Waals surface area contributed by atoms with Crippen LogP contribution < -0.4 is 0 Å². The lowest BCUT2D eigenvalue weighted by atomic mass is 10.1. The van der Waals surface area contributed by atoms with E-state index in [1.807, 2.05) is 31.0 Å². The Bertz CT molecular complexity index is 533. The fourth-order valence-corrected chi connectivity index (χ4v) is 2.37. The van der Waals surface area contributed by atoms with E-state index in [1.54, 1.807) is 0 Å². The van der Waals surface area contributed by atoms with E-state index in [4.69, 9.17) is 0 Å². The largest absolute Gasteiger partial charge is 0.291 e. The average Bonchev–Trinajstić information content (AvgIpc) is 2.76. The first-order chi connectivity index (χ1) is 9.60. The molecule has 0 aliphatic rings. The summed E-state index contributed by atoms with van der Waals surface area (Å²) in [6, 6.07) is 6.88. The molecule has 108 valence electrons. The van der Waals surface area contributed by atoms with Crippen molar-refractivity contribution in [3.8, 4) is 0 Å². The average molecular weight is 272 g/mol. The number of hydrogen-bond donors (Lipinski definition) is 0. The summed E-state index contributed by atoms with van der Waals surface area (Å²) in [6.45, 7) is 8.43. The normalized spacial score (nSPS) is 12.8. The van der Waals surface area contributed by atoms with Gasteiger partial charge in [0.1, 0.15) is 0 Å². The number of nitrogens with zero attached hydrogens (tertiary/aromatic N) is 4. The number of hydrogen-bond acceptors (Lipinski definition) is 3. The summed E-state index contributed by atoms with van der Waals surface area (Å²) >= 11 is 0. The van der Waals surface area contributed by atoms with Gasteiger partial charge >= 0.3 is 0 Å². The van der Waals surface area contributed by atoms with Crippen molar-refractivity contribution >= 4 is 0 Å². The van der Waals surface area contributed by atoms with Crippen molar-refractivity contribution < 1.29 is 0 Å². The van der Waals surface area contributed by atoms with Crippen molar-refractivity contribution in [2.75, 3.05) is 0 Å². The van der Waals surface area contributed by atoms with E-state index < -0.39 is 0 Å². The predicted molar refractivity (Wildman–Crippen MR) is 81.2 cm³/mol. The van der Waals surface area contributed by atoms with Gasteiger partial charge in [0.2, 0.25) is 0 Å². The zero-order valence-corrected chi connectivity index (χ0v) is 12.9. The second-order valence-electron chi connectivity index (χ2n) is 5.42. The fraction of sp³-hybridized carbons (Fsp3) is 0.500. The molecule has 1 atom stereocenters. The molecule has 0 saturated heterocycles. The van der Waals surface area contributed by atoms with Crippen LogP contribution in [0.25, 0.3) is 0 Å². The second kappa shape index (κ2) is 6.66. The van der Waals surface area contributed by atoms with Gasteiger partial charge in [-0.1, -0.05) is 6.92 Å². The lowest BCUT2D eigenvalue weighted by Gasteiger charge is -2.28. The van der Waals surface area contributed by atoms with E-state index >= 15 is 0 Å². The molecule has 2 heterocycles. The van der Waals surface area contributed by atoms with Crippen LogP contribution in [0.5, 0.6) is 0 Å². The van der Waals surface area contributed by atoms with E-state index in [0.717, 1.165) is 25.2 Å². The Morgan fingerprint density at radius 3 is 2.50 bits per heavy atom. The Morgan fingerprint density at radius 1 is 1.25 bits per heavy atom. The van der Waals surface area contributed by atoms with Crippen molar-refractivity contribution in [1.29, 1.82) is 0 Å². The van der Waals surface area contributed by atoms with Crippen LogP contribution in [-0.2, 0) is 20.1 Å². The highest BCUT2D eigenvalue weighted by Crippen LogP contribution is 2.15. The lowest BCUT2D eigenvalue weighted by molar-refractivity contribution is 0.181. The quantitative estimate of drug-likeness (QED) is 0.811. The van der Waals surface area contributed by atoms with Crippen molar-refractivity contribution in [3.05, 3.63) is 47.5 Å². The van der Waals surface area contributed by atoms with Crippen LogP contribution in [0.1, 0.15) is 37.2 Å². The van der Waals surface area contributed by atoms with Crippen LogP contribution in [0.4, 0.5) is 0 Å². The Labute approximate surface area is 121 Å². The maximum atomic E-state index is 4.44. The lowest BCUT2D eigenvalue weighted by Crippen LogP contribution is -2.32. The molecule has 0 unspecified atom stereocenters. The third kappa shape index (κ3) is 3.67. The van der Waals surface area contributed by atoms with E-state index in [0.29, 0.717) is 6.04 Å². The summed E-state index contributed by atoms with van der Waals surface area (Å²) in [6.07, 6.45) is 4.86. The zero-order valence-electron chi connectivity index (χ0n) is 12.9. The number of rotatable bonds is 6. The molecule has 0 bridgehead atoms. The molecule has 4 nitrogen and oxygen atoms in total. The van der Waals surface area contributed by atoms with E-state index in [-0.39, 0.29) is 0 Å². The van der Waals surface area contributed by atoms with Gasteiger partial charge in [0.25, 0.3) is 0 Å². The third-order valence-electron chi connectivity index (χ3n) is 3.81. The first kappa shape index (κ1) is 14.7. The smallest absolute Gasteiger partial charge is 0.0597 e. The highest BCUT2D eigenvalue weighted by atomic mass is 15.3. The summed E-state index contributed by atoms with van der Waals surface area (Å²) in [5.41, 5.74) is 3.64. The maximum absolute atomic E-state index is 4.44. The second-order valence-corrected chi connectivity index (χ2v) is 5.42. The van der Waals surface area contributed by atoms with Gasteiger partial charge < -0.3 is 0 Å². The summed E-state index contributed by atoms with van der Waals surface area (Å²) in [4.78, 5) is 6.58. The van der Waals surface area contributed by atoms with Gasteiger partial charge in [-0.05, 0) is 44.0 Å². The van der Waals surface area contributed by atoms with Gasteiger partial charge in [0, 0.05) is 38.6 Å². The van der Waals surface area contributed by atoms with Crippen LogP contribution in [0, 0.1) is 6.92 Å². The molecule has 2 aromatic heterocycles. The third-order valence-corrected chi connectivity index (χ3v) is 3.81. The Kier molecular flexibility index (Phi) is 4.90. The van der Waals surface area contributed by atoms with Crippen LogP contribution in [-0.4, -0.2) is 25.7 Å². The minimum Gasteiger partial charge on any atom is -0.291 e. The molecule has 0 N–H and O–H groups in total. The molecule has 0 amide bonds. The molecule has 4 heteroatoms. The summed E-state index contributed by atoms with van der Waals surface area (Å²) in [5.74, 6) is 0. The molecule has 2 rings (SSSR count). The SMILES string of the molecule is CC[C@H](C)N(Cc1ccncc1)Cc1cc(C)nn1C. The topological polar surface area (TPSA) is 34.0 Å². The number of pyridine rings is 1. The molecular formula is C16H24N4. The maximum Gasteiger partial charge on any atom is 0.0597 e. The van der Waals surface area contributed by atoms with Crippen LogP contribution in [0.2, 0.25) is 0 Å². The number of aryl methyl sites for hydroxylation is 2. The van der Waals surface area contributed by atoms with Crippen molar-refractivity contribution in [3.63, 3.8) is 0 Å². The molecule has 2 aromatic rings. The van der Waals surface area contributed by atoms with Crippen molar-refractivity contribution in [1.82, 2.24) is 19.7 Å². The first-order valence-electron chi connectivity index (χ1n) is 7.22. The Hall–Kier alpha value is -1.68. The van der Waals surface area contributed by atoms with Gasteiger partial charge in [0.05, 0.1) is 11.4 Å². The van der Waals surface area contributed by atoms with Crippen LogP contribution in [0.15, 0.2) is 30.6 Å². The standard InChI is InChI=1S/C16H24N4/c1-5-14(3)20(11-15-6-8-17-9-7-15)12-16-10-13(2)18-19(16)4/h6-10,14H,5,11-12H2,1-4H3/t14-/m0/s1.